The van der Waals surface area contributed by atoms with Gasteiger partial charge in [-0.15, -0.1) is 4.91 Å². The average molecular weight is 271 g/mol. The highest BCUT2D eigenvalue weighted by atomic mass is 16.3. The van der Waals surface area contributed by atoms with Gasteiger partial charge in [0.15, 0.2) is 5.69 Å². The molecule has 3 rings (SSSR count). The van der Waals surface area contributed by atoms with E-state index in [1.54, 1.807) is 36.8 Å². The SMILES string of the molecule is O=Nc1ccc[nH+]c1N1CCN(c2ncccn2)CC1. The Hall–Kier alpha value is -2.57. The van der Waals surface area contributed by atoms with Crippen LogP contribution in [0.4, 0.5) is 17.5 Å². The molecule has 0 unspecified atom stereocenters. The molecular formula is C13H15N6O+. The molecular weight excluding hydrogens is 256 g/mol. The molecule has 3 heterocycles. The van der Waals surface area contributed by atoms with Gasteiger partial charge in [-0.05, 0) is 23.4 Å². The Kier molecular flexibility index (Phi) is 3.49. The van der Waals surface area contributed by atoms with Crippen LogP contribution in [0.5, 0.6) is 0 Å². The lowest BCUT2D eigenvalue weighted by molar-refractivity contribution is -0.363. The van der Waals surface area contributed by atoms with Gasteiger partial charge in [0, 0.05) is 12.4 Å². The number of H-pyrrole nitrogens is 1. The molecule has 1 fully saturated rings. The molecule has 0 spiro atoms. The molecule has 0 aliphatic carbocycles. The summed E-state index contributed by atoms with van der Waals surface area (Å²) in [4.78, 5) is 26.7. The summed E-state index contributed by atoms with van der Waals surface area (Å²) in [5.41, 5.74) is 0.442. The molecule has 0 aromatic carbocycles. The summed E-state index contributed by atoms with van der Waals surface area (Å²) in [5, 5.41) is 3.06. The van der Waals surface area contributed by atoms with Gasteiger partial charge in [0.1, 0.15) is 13.1 Å². The van der Waals surface area contributed by atoms with Crippen LogP contribution >= 0.6 is 0 Å². The van der Waals surface area contributed by atoms with Crippen LogP contribution < -0.4 is 14.8 Å². The number of aromatic amines is 1. The maximum atomic E-state index is 10.8. The van der Waals surface area contributed by atoms with E-state index in [1.807, 2.05) is 0 Å². The second-order valence-electron chi connectivity index (χ2n) is 4.52. The third-order valence-corrected chi connectivity index (χ3v) is 3.34. The standard InChI is InChI=1S/C13H14N6O/c20-17-11-3-1-4-14-12(11)18-7-9-19(10-8-18)13-15-5-2-6-16-13/h1-6H,7-10H2/p+1. The van der Waals surface area contributed by atoms with E-state index in [-0.39, 0.29) is 0 Å². The zero-order valence-electron chi connectivity index (χ0n) is 10.9. The Morgan fingerprint density at radius 2 is 1.75 bits per heavy atom. The molecule has 0 radical (unpaired) electrons. The second-order valence-corrected chi connectivity index (χ2v) is 4.52. The maximum Gasteiger partial charge on any atom is 0.304 e. The number of anilines is 2. The van der Waals surface area contributed by atoms with Crippen LogP contribution in [-0.2, 0) is 0 Å². The van der Waals surface area contributed by atoms with E-state index in [4.69, 9.17) is 0 Å². The van der Waals surface area contributed by atoms with Gasteiger partial charge in [0.05, 0.1) is 19.3 Å². The van der Waals surface area contributed by atoms with E-state index in [2.05, 4.69) is 29.9 Å². The lowest BCUT2D eigenvalue weighted by Crippen LogP contribution is -2.48. The zero-order valence-corrected chi connectivity index (χ0v) is 10.9. The minimum atomic E-state index is 0.442. The van der Waals surface area contributed by atoms with Gasteiger partial charge in [-0.2, -0.15) is 0 Å². The summed E-state index contributed by atoms with van der Waals surface area (Å²) in [5.74, 6) is 1.52. The van der Waals surface area contributed by atoms with Gasteiger partial charge in [0.2, 0.25) is 5.95 Å². The van der Waals surface area contributed by atoms with Gasteiger partial charge >= 0.3 is 5.82 Å². The van der Waals surface area contributed by atoms with Crippen molar-refractivity contribution in [1.29, 1.82) is 0 Å². The van der Waals surface area contributed by atoms with E-state index in [0.29, 0.717) is 5.69 Å². The Labute approximate surface area is 116 Å². The predicted octanol–water partition coefficient (Wildman–Crippen LogP) is 1.02. The van der Waals surface area contributed by atoms with Gasteiger partial charge in [-0.25, -0.2) is 15.0 Å². The van der Waals surface area contributed by atoms with Crippen LogP contribution in [0.2, 0.25) is 0 Å². The molecule has 0 saturated carbocycles. The number of rotatable bonds is 3. The normalized spacial score (nSPS) is 15.2. The van der Waals surface area contributed by atoms with Crippen molar-refractivity contribution in [1.82, 2.24) is 9.97 Å². The quantitative estimate of drug-likeness (QED) is 0.779. The number of hydrogen-bond donors (Lipinski definition) is 0. The molecule has 7 heteroatoms. The monoisotopic (exact) mass is 271 g/mol. The molecule has 0 atom stereocenters. The van der Waals surface area contributed by atoms with Crippen LogP contribution in [0, 0.1) is 4.91 Å². The number of nitrogens with zero attached hydrogens (tertiary/aromatic N) is 5. The highest BCUT2D eigenvalue weighted by Crippen LogP contribution is 2.24. The number of nitroso groups, excluding NO2 is 1. The molecule has 7 nitrogen and oxygen atoms in total. The fourth-order valence-corrected chi connectivity index (χ4v) is 2.33. The van der Waals surface area contributed by atoms with E-state index >= 15 is 0 Å². The molecule has 1 saturated heterocycles. The van der Waals surface area contributed by atoms with Crippen molar-refractivity contribution in [2.24, 2.45) is 5.18 Å². The highest BCUT2D eigenvalue weighted by Gasteiger charge is 2.27. The van der Waals surface area contributed by atoms with Crippen molar-refractivity contribution >= 4 is 17.5 Å². The van der Waals surface area contributed by atoms with Crippen molar-refractivity contribution < 1.29 is 4.98 Å². The third-order valence-electron chi connectivity index (χ3n) is 3.34. The first-order valence-electron chi connectivity index (χ1n) is 6.49. The molecule has 0 bridgehead atoms. The number of nitrogens with one attached hydrogen (secondary N) is 1. The zero-order chi connectivity index (χ0) is 13.8. The fourth-order valence-electron chi connectivity index (χ4n) is 2.33. The van der Waals surface area contributed by atoms with Crippen LogP contribution in [0.25, 0.3) is 0 Å². The van der Waals surface area contributed by atoms with E-state index in [1.165, 1.54) is 0 Å². The summed E-state index contributed by atoms with van der Waals surface area (Å²) >= 11 is 0. The lowest BCUT2D eigenvalue weighted by atomic mass is 10.3. The van der Waals surface area contributed by atoms with Crippen molar-refractivity contribution in [3.63, 3.8) is 0 Å². The number of piperazine rings is 1. The highest BCUT2D eigenvalue weighted by molar-refractivity contribution is 5.58. The molecule has 2 aromatic heterocycles. The smallest absolute Gasteiger partial charge is 0.304 e. The van der Waals surface area contributed by atoms with E-state index in [0.717, 1.165) is 37.9 Å². The summed E-state index contributed by atoms with van der Waals surface area (Å²) in [6.07, 6.45) is 5.29. The fraction of sp³-hybridized carbons (Fsp3) is 0.308. The minimum absolute atomic E-state index is 0.442. The maximum absolute atomic E-state index is 10.8. The molecule has 1 aliphatic rings. The summed E-state index contributed by atoms with van der Waals surface area (Å²) in [6.45, 7) is 3.21. The van der Waals surface area contributed by atoms with Crippen LogP contribution in [0.3, 0.4) is 0 Å². The Morgan fingerprint density at radius 1 is 1.05 bits per heavy atom. The van der Waals surface area contributed by atoms with Crippen LogP contribution in [-0.4, -0.2) is 36.1 Å². The Bertz CT molecular complexity index is 582. The van der Waals surface area contributed by atoms with Crippen LogP contribution in [0.1, 0.15) is 0 Å². The molecule has 1 N–H and O–H groups in total. The van der Waals surface area contributed by atoms with Gasteiger partial charge in [0.25, 0.3) is 0 Å². The van der Waals surface area contributed by atoms with Gasteiger partial charge < -0.3 is 4.90 Å². The number of pyridine rings is 1. The first-order valence-corrected chi connectivity index (χ1v) is 6.49. The minimum Gasteiger partial charge on any atom is -0.333 e. The Morgan fingerprint density at radius 3 is 2.45 bits per heavy atom. The van der Waals surface area contributed by atoms with Crippen molar-refractivity contribution in [2.45, 2.75) is 0 Å². The largest absolute Gasteiger partial charge is 0.333 e. The summed E-state index contributed by atoms with van der Waals surface area (Å²) < 4.78 is 0. The van der Waals surface area contributed by atoms with Crippen molar-refractivity contribution in [3.8, 4) is 0 Å². The summed E-state index contributed by atoms with van der Waals surface area (Å²) in [7, 11) is 0. The lowest BCUT2D eigenvalue weighted by Gasteiger charge is -2.30. The molecule has 102 valence electrons. The van der Waals surface area contributed by atoms with E-state index in [9.17, 15) is 4.91 Å². The number of aromatic nitrogens is 3. The molecule has 1 aliphatic heterocycles. The van der Waals surface area contributed by atoms with Gasteiger partial charge in [-0.3, -0.25) is 4.90 Å². The number of hydrogen-bond acceptors (Lipinski definition) is 6. The molecule has 20 heavy (non-hydrogen) atoms. The van der Waals surface area contributed by atoms with Crippen LogP contribution in [0.15, 0.2) is 42.0 Å². The van der Waals surface area contributed by atoms with Gasteiger partial charge in [-0.1, -0.05) is 0 Å². The topological polar surface area (TPSA) is 75.8 Å². The average Bonchev–Trinajstić information content (AvgIpc) is 2.56. The second kappa shape index (κ2) is 5.60. The predicted molar refractivity (Wildman–Crippen MR) is 74.9 cm³/mol. The van der Waals surface area contributed by atoms with Crippen molar-refractivity contribution in [2.75, 3.05) is 36.0 Å². The molecule has 2 aromatic rings. The third kappa shape index (κ3) is 2.42. The Balaban J connectivity index is 1.71. The first kappa shape index (κ1) is 12.5. The first-order chi connectivity index (χ1) is 9.88. The van der Waals surface area contributed by atoms with E-state index < -0.39 is 0 Å². The summed E-state index contributed by atoms with van der Waals surface area (Å²) in [6, 6.07) is 5.29. The van der Waals surface area contributed by atoms with Crippen molar-refractivity contribution in [3.05, 3.63) is 41.7 Å². The molecule has 0 amide bonds.